The molecule has 0 N–H and O–H groups in total. The number of alkyl halides is 3. The predicted octanol–water partition coefficient (Wildman–Crippen LogP) is 7.58. The number of rotatable bonds is 7. The van der Waals surface area contributed by atoms with Gasteiger partial charge in [-0.25, -0.2) is 4.39 Å². The molecule has 3 aliphatic rings. The van der Waals surface area contributed by atoms with Crippen molar-refractivity contribution in [1.82, 2.24) is 0 Å². The van der Waals surface area contributed by atoms with Gasteiger partial charge in [-0.1, -0.05) is 26.2 Å². The van der Waals surface area contributed by atoms with Crippen molar-refractivity contribution in [1.29, 1.82) is 0 Å². The summed E-state index contributed by atoms with van der Waals surface area (Å²) in [5.74, 6) is 0.825. The quantitative estimate of drug-likeness (QED) is 0.384. The van der Waals surface area contributed by atoms with Crippen LogP contribution >= 0.6 is 0 Å². The Morgan fingerprint density at radius 3 is 1.83 bits per heavy atom. The minimum atomic E-state index is -4.55. The van der Waals surface area contributed by atoms with Crippen molar-refractivity contribution in [2.24, 2.45) is 29.6 Å². The van der Waals surface area contributed by atoms with Gasteiger partial charge in [0.2, 0.25) is 0 Å². The van der Waals surface area contributed by atoms with E-state index in [0.717, 1.165) is 51.2 Å². The average molecular weight is 435 g/mol. The molecule has 1 aliphatic heterocycles. The van der Waals surface area contributed by atoms with Crippen LogP contribution in [0.5, 0.6) is 0 Å². The van der Waals surface area contributed by atoms with Gasteiger partial charge in [-0.3, -0.25) is 0 Å². The second kappa shape index (κ2) is 11.3. The second-order valence-corrected chi connectivity index (χ2v) is 9.84. The SMILES string of the molecule is CCCC1COC(C2CCC(CCC3CCC(C(F)=CC(F)(F)F)CC3)CC2)OC1. The van der Waals surface area contributed by atoms with Crippen LogP contribution in [0.3, 0.4) is 0 Å². The van der Waals surface area contributed by atoms with Crippen LogP contribution in [0.1, 0.15) is 84.0 Å². The summed E-state index contributed by atoms with van der Waals surface area (Å²) in [7, 11) is 0. The van der Waals surface area contributed by atoms with Crippen LogP contribution in [-0.2, 0) is 9.47 Å². The van der Waals surface area contributed by atoms with Crippen molar-refractivity contribution in [3.63, 3.8) is 0 Å². The maximum Gasteiger partial charge on any atom is 0.412 e. The van der Waals surface area contributed by atoms with E-state index in [1.165, 1.54) is 32.1 Å². The molecule has 0 aromatic carbocycles. The van der Waals surface area contributed by atoms with Crippen LogP contribution in [0.15, 0.2) is 11.9 Å². The highest BCUT2D eigenvalue weighted by atomic mass is 19.4. The highest BCUT2D eigenvalue weighted by Gasteiger charge is 2.33. The van der Waals surface area contributed by atoms with Crippen molar-refractivity contribution < 1.29 is 27.0 Å². The van der Waals surface area contributed by atoms with Crippen molar-refractivity contribution in [3.8, 4) is 0 Å². The summed E-state index contributed by atoms with van der Waals surface area (Å²) in [6.45, 7) is 3.86. The lowest BCUT2D eigenvalue weighted by Gasteiger charge is -2.38. The summed E-state index contributed by atoms with van der Waals surface area (Å²) in [4.78, 5) is 0. The van der Waals surface area contributed by atoms with Crippen molar-refractivity contribution in [3.05, 3.63) is 11.9 Å². The molecule has 0 aromatic rings. The smallest absolute Gasteiger partial charge is 0.352 e. The molecule has 0 aromatic heterocycles. The molecule has 174 valence electrons. The molecule has 30 heavy (non-hydrogen) atoms. The fourth-order valence-corrected chi connectivity index (χ4v) is 5.63. The summed E-state index contributed by atoms with van der Waals surface area (Å²) >= 11 is 0. The van der Waals surface area contributed by atoms with Gasteiger partial charge in [0.15, 0.2) is 6.29 Å². The fraction of sp³-hybridized carbons (Fsp3) is 0.917. The zero-order valence-electron chi connectivity index (χ0n) is 18.3. The molecule has 2 nitrogen and oxygen atoms in total. The van der Waals surface area contributed by atoms with Crippen LogP contribution in [0.4, 0.5) is 17.6 Å². The normalized spacial score (nSPS) is 36.6. The number of allylic oxidation sites excluding steroid dienone is 2. The molecule has 0 radical (unpaired) electrons. The van der Waals surface area contributed by atoms with Gasteiger partial charge in [0.1, 0.15) is 5.83 Å². The Morgan fingerprint density at radius 2 is 1.33 bits per heavy atom. The first-order valence-corrected chi connectivity index (χ1v) is 12.0. The molecule has 1 heterocycles. The summed E-state index contributed by atoms with van der Waals surface area (Å²) in [5.41, 5.74) is 0. The van der Waals surface area contributed by atoms with E-state index in [9.17, 15) is 17.6 Å². The molecule has 3 rings (SSSR count). The van der Waals surface area contributed by atoms with Crippen LogP contribution in [-0.4, -0.2) is 25.7 Å². The minimum Gasteiger partial charge on any atom is -0.352 e. The van der Waals surface area contributed by atoms with Gasteiger partial charge in [0.25, 0.3) is 0 Å². The Bertz CT molecular complexity index is 524. The standard InChI is InChI=1S/C24H38F4O2/c1-2-3-19-15-29-23(30-16-19)21-12-8-18(9-13-21)5-4-17-6-10-20(11-7-17)22(25)14-24(26,27)28/h14,17-21,23H,2-13,15-16H2,1H3. The Labute approximate surface area is 178 Å². The maximum atomic E-state index is 13.8. The lowest BCUT2D eigenvalue weighted by Crippen LogP contribution is -2.38. The van der Waals surface area contributed by atoms with Gasteiger partial charge in [0.05, 0.1) is 19.3 Å². The molecule has 0 bridgehead atoms. The Hall–Kier alpha value is -0.620. The van der Waals surface area contributed by atoms with Gasteiger partial charge >= 0.3 is 6.18 Å². The van der Waals surface area contributed by atoms with E-state index in [2.05, 4.69) is 6.92 Å². The second-order valence-electron chi connectivity index (χ2n) is 9.84. The molecule has 1 saturated heterocycles. The first kappa shape index (κ1) is 24.0. The van der Waals surface area contributed by atoms with Gasteiger partial charge in [-0.2, -0.15) is 13.2 Å². The van der Waals surface area contributed by atoms with E-state index in [0.29, 0.717) is 30.6 Å². The van der Waals surface area contributed by atoms with Gasteiger partial charge in [-0.05, 0) is 69.6 Å². The summed E-state index contributed by atoms with van der Waals surface area (Å²) in [5, 5.41) is 0. The van der Waals surface area contributed by atoms with Crippen LogP contribution in [0, 0.1) is 29.6 Å². The van der Waals surface area contributed by atoms with Crippen LogP contribution < -0.4 is 0 Å². The van der Waals surface area contributed by atoms with Crippen molar-refractivity contribution in [2.45, 2.75) is 96.4 Å². The Kier molecular flexibility index (Phi) is 9.06. The van der Waals surface area contributed by atoms with Crippen LogP contribution in [0.2, 0.25) is 0 Å². The van der Waals surface area contributed by atoms with Crippen molar-refractivity contribution in [2.75, 3.05) is 13.2 Å². The molecule has 2 saturated carbocycles. The number of hydrogen-bond acceptors (Lipinski definition) is 2. The largest absolute Gasteiger partial charge is 0.412 e. The van der Waals surface area contributed by atoms with E-state index in [4.69, 9.17) is 9.47 Å². The van der Waals surface area contributed by atoms with E-state index in [1.54, 1.807) is 0 Å². The topological polar surface area (TPSA) is 18.5 Å². The number of halogens is 4. The van der Waals surface area contributed by atoms with Crippen molar-refractivity contribution >= 4 is 0 Å². The average Bonchev–Trinajstić information content (AvgIpc) is 2.73. The molecule has 6 heteroatoms. The molecule has 0 amide bonds. The number of ether oxygens (including phenoxy) is 2. The molecular formula is C24H38F4O2. The summed E-state index contributed by atoms with van der Waals surface area (Å²) in [6.07, 6.45) is 7.48. The van der Waals surface area contributed by atoms with E-state index >= 15 is 0 Å². The molecule has 0 unspecified atom stereocenters. The first-order valence-electron chi connectivity index (χ1n) is 12.0. The zero-order valence-corrected chi connectivity index (χ0v) is 18.3. The Morgan fingerprint density at radius 1 is 0.800 bits per heavy atom. The molecule has 0 spiro atoms. The third-order valence-corrected chi connectivity index (χ3v) is 7.49. The molecular weight excluding hydrogens is 396 g/mol. The summed E-state index contributed by atoms with van der Waals surface area (Å²) in [6, 6.07) is 0. The predicted molar refractivity (Wildman–Crippen MR) is 109 cm³/mol. The minimum absolute atomic E-state index is 0.0195. The highest BCUT2D eigenvalue weighted by Crippen LogP contribution is 2.40. The zero-order chi connectivity index (χ0) is 21.6. The van der Waals surface area contributed by atoms with Gasteiger partial charge in [-0.15, -0.1) is 0 Å². The van der Waals surface area contributed by atoms with Gasteiger partial charge < -0.3 is 9.47 Å². The molecule has 2 aliphatic carbocycles. The van der Waals surface area contributed by atoms with E-state index in [-0.39, 0.29) is 12.4 Å². The van der Waals surface area contributed by atoms with E-state index < -0.39 is 17.9 Å². The summed E-state index contributed by atoms with van der Waals surface area (Å²) < 4.78 is 62.7. The third-order valence-electron chi connectivity index (χ3n) is 7.49. The highest BCUT2D eigenvalue weighted by molar-refractivity contribution is 5.03. The first-order chi connectivity index (χ1) is 14.3. The Balaban J connectivity index is 1.30. The van der Waals surface area contributed by atoms with Crippen LogP contribution in [0.25, 0.3) is 0 Å². The number of hydrogen-bond donors (Lipinski definition) is 0. The lowest BCUT2D eigenvalue weighted by atomic mass is 9.75. The molecule has 3 fully saturated rings. The fourth-order valence-electron chi connectivity index (χ4n) is 5.63. The monoisotopic (exact) mass is 434 g/mol. The molecule has 0 atom stereocenters. The maximum absolute atomic E-state index is 13.8. The lowest BCUT2D eigenvalue weighted by molar-refractivity contribution is -0.230. The van der Waals surface area contributed by atoms with E-state index in [1.807, 2.05) is 0 Å². The third kappa shape index (κ3) is 7.51. The van der Waals surface area contributed by atoms with Gasteiger partial charge in [0, 0.05) is 17.8 Å².